The van der Waals surface area contributed by atoms with Crippen molar-refractivity contribution in [2.24, 2.45) is 0 Å². The highest BCUT2D eigenvalue weighted by molar-refractivity contribution is 6.00. The van der Waals surface area contributed by atoms with E-state index in [1.165, 1.54) is 26.1 Å². The van der Waals surface area contributed by atoms with Crippen LogP contribution < -0.4 is 16.0 Å². The highest BCUT2D eigenvalue weighted by Crippen LogP contribution is 2.11. The largest absolute Gasteiger partial charge is 0.451 e. The normalized spacial score (nSPS) is 10.6. The Morgan fingerprint density at radius 3 is 2.38 bits per heavy atom. The summed E-state index contributed by atoms with van der Waals surface area (Å²) in [5, 5.41) is 7.43. The van der Waals surface area contributed by atoms with Crippen molar-refractivity contribution in [2.45, 2.75) is 6.92 Å². The number of amides is 3. The van der Waals surface area contributed by atoms with Crippen LogP contribution in [0.4, 0.5) is 5.69 Å². The van der Waals surface area contributed by atoms with Crippen molar-refractivity contribution >= 4 is 35.5 Å². The molecule has 0 bridgehead atoms. The minimum atomic E-state index is -0.849. The van der Waals surface area contributed by atoms with Gasteiger partial charge in [0.15, 0.2) is 6.61 Å². The van der Waals surface area contributed by atoms with Crippen molar-refractivity contribution in [3.63, 3.8) is 0 Å². The quantitative estimate of drug-likeness (QED) is 0.488. The van der Waals surface area contributed by atoms with E-state index in [1.54, 1.807) is 42.5 Å². The summed E-state index contributed by atoms with van der Waals surface area (Å²) in [6, 6.07) is 15.2. The molecule has 0 aliphatic heterocycles. The standard InChI is InChI=1S/C21H21N3O5/c1-14(25)23-18(11-15-7-4-3-5-8-15)21(28)29-13-19(26)24-17-10-6-9-16(12-17)20(27)22-2/h3-12H,13H2,1-2H3,(H,22,27)(H,23,25)(H,24,26)/b18-11-. The molecule has 8 heteroatoms. The highest BCUT2D eigenvalue weighted by Gasteiger charge is 2.15. The molecule has 0 atom stereocenters. The average Bonchev–Trinajstić information content (AvgIpc) is 2.71. The van der Waals surface area contributed by atoms with Gasteiger partial charge < -0.3 is 20.7 Å². The third-order valence-electron chi connectivity index (χ3n) is 3.61. The van der Waals surface area contributed by atoms with Gasteiger partial charge in [-0.25, -0.2) is 4.79 Å². The van der Waals surface area contributed by atoms with E-state index in [-0.39, 0.29) is 11.6 Å². The van der Waals surface area contributed by atoms with Gasteiger partial charge in [0, 0.05) is 25.2 Å². The predicted molar refractivity (Wildman–Crippen MR) is 108 cm³/mol. The topological polar surface area (TPSA) is 114 Å². The van der Waals surface area contributed by atoms with Crippen molar-refractivity contribution in [3.8, 4) is 0 Å². The maximum Gasteiger partial charge on any atom is 0.355 e. The fraction of sp³-hybridized carbons (Fsp3) is 0.143. The Labute approximate surface area is 167 Å². The van der Waals surface area contributed by atoms with E-state index in [4.69, 9.17) is 4.74 Å². The van der Waals surface area contributed by atoms with E-state index in [0.717, 1.165) is 0 Å². The minimum absolute atomic E-state index is 0.0851. The molecule has 2 rings (SSSR count). The first kappa shape index (κ1) is 21.4. The van der Waals surface area contributed by atoms with E-state index in [2.05, 4.69) is 16.0 Å². The van der Waals surface area contributed by atoms with Crippen molar-refractivity contribution in [1.82, 2.24) is 10.6 Å². The molecular formula is C21H21N3O5. The van der Waals surface area contributed by atoms with Gasteiger partial charge in [0.1, 0.15) is 5.70 Å². The number of hydrogen-bond donors (Lipinski definition) is 3. The van der Waals surface area contributed by atoms with Crippen LogP contribution in [0.5, 0.6) is 0 Å². The van der Waals surface area contributed by atoms with Crippen LogP contribution in [0.1, 0.15) is 22.8 Å². The third kappa shape index (κ3) is 6.94. The molecule has 3 N–H and O–H groups in total. The van der Waals surface area contributed by atoms with E-state index in [9.17, 15) is 19.2 Å². The molecular weight excluding hydrogens is 374 g/mol. The second-order valence-corrected chi connectivity index (χ2v) is 5.93. The molecule has 0 aliphatic rings. The van der Waals surface area contributed by atoms with E-state index in [0.29, 0.717) is 16.8 Å². The van der Waals surface area contributed by atoms with Crippen molar-refractivity contribution in [1.29, 1.82) is 0 Å². The lowest BCUT2D eigenvalue weighted by Crippen LogP contribution is -2.29. The van der Waals surface area contributed by atoms with Crippen molar-refractivity contribution in [3.05, 3.63) is 71.4 Å². The number of ether oxygens (including phenoxy) is 1. The number of anilines is 1. The SMILES string of the molecule is CNC(=O)c1cccc(NC(=O)COC(=O)/C(=C/c2ccccc2)NC(C)=O)c1. The van der Waals surface area contributed by atoms with Gasteiger partial charge in [-0.3, -0.25) is 14.4 Å². The maximum absolute atomic E-state index is 12.3. The zero-order valence-corrected chi connectivity index (χ0v) is 16.0. The summed E-state index contributed by atoms with van der Waals surface area (Å²) in [7, 11) is 1.50. The van der Waals surface area contributed by atoms with Crippen LogP contribution in [0.25, 0.3) is 6.08 Å². The molecule has 0 unspecified atom stereocenters. The first-order valence-electron chi connectivity index (χ1n) is 8.72. The summed E-state index contributed by atoms with van der Waals surface area (Å²) < 4.78 is 5.00. The summed E-state index contributed by atoms with van der Waals surface area (Å²) in [6.45, 7) is 0.701. The molecule has 3 amide bonds. The summed E-state index contributed by atoms with van der Waals surface area (Å²) in [6.07, 6.45) is 1.45. The number of benzene rings is 2. The van der Waals surface area contributed by atoms with Crippen LogP contribution in [0.3, 0.4) is 0 Å². The zero-order valence-electron chi connectivity index (χ0n) is 16.0. The Kier molecular flexibility index (Phi) is 7.67. The van der Waals surface area contributed by atoms with Gasteiger partial charge in [-0.2, -0.15) is 0 Å². The lowest BCUT2D eigenvalue weighted by molar-refractivity contribution is -0.144. The van der Waals surface area contributed by atoms with Gasteiger partial charge in [0.05, 0.1) is 0 Å². The van der Waals surface area contributed by atoms with Gasteiger partial charge in [-0.05, 0) is 29.8 Å². The van der Waals surface area contributed by atoms with E-state index >= 15 is 0 Å². The molecule has 150 valence electrons. The maximum atomic E-state index is 12.3. The van der Waals surface area contributed by atoms with Crippen LogP contribution in [-0.4, -0.2) is 37.3 Å². The Morgan fingerprint density at radius 1 is 1.00 bits per heavy atom. The average molecular weight is 395 g/mol. The first-order chi connectivity index (χ1) is 13.9. The highest BCUT2D eigenvalue weighted by atomic mass is 16.5. The molecule has 0 saturated carbocycles. The molecule has 0 radical (unpaired) electrons. The Balaban J connectivity index is 2.00. The third-order valence-corrected chi connectivity index (χ3v) is 3.61. The van der Waals surface area contributed by atoms with E-state index in [1.807, 2.05) is 6.07 Å². The molecule has 29 heavy (non-hydrogen) atoms. The Morgan fingerprint density at radius 2 is 1.72 bits per heavy atom. The molecule has 0 fully saturated rings. The van der Waals surface area contributed by atoms with Gasteiger partial charge >= 0.3 is 5.97 Å². The fourth-order valence-corrected chi connectivity index (χ4v) is 2.34. The molecule has 2 aromatic carbocycles. The smallest absolute Gasteiger partial charge is 0.355 e. The molecule has 0 saturated heterocycles. The number of carbonyl (C=O) groups excluding carboxylic acids is 4. The summed E-state index contributed by atoms with van der Waals surface area (Å²) in [5.74, 6) is -2.18. The van der Waals surface area contributed by atoms with Crippen molar-refractivity contribution in [2.75, 3.05) is 19.0 Å². The molecule has 0 heterocycles. The molecule has 0 aliphatic carbocycles. The molecule has 8 nitrogen and oxygen atoms in total. The van der Waals surface area contributed by atoms with Gasteiger partial charge in [0.25, 0.3) is 11.8 Å². The lowest BCUT2D eigenvalue weighted by atomic mass is 10.2. The van der Waals surface area contributed by atoms with E-state index < -0.39 is 24.4 Å². The van der Waals surface area contributed by atoms with Crippen LogP contribution in [0, 0.1) is 0 Å². The van der Waals surface area contributed by atoms with Crippen LogP contribution in [-0.2, 0) is 19.1 Å². The number of nitrogens with one attached hydrogen (secondary N) is 3. The summed E-state index contributed by atoms with van der Waals surface area (Å²) >= 11 is 0. The molecule has 0 aromatic heterocycles. The Hall–Kier alpha value is -3.94. The van der Waals surface area contributed by atoms with Crippen LogP contribution in [0.2, 0.25) is 0 Å². The minimum Gasteiger partial charge on any atom is -0.451 e. The molecule has 2 aromatic rings. The van der Waals surface area contributed by atoms with Crippen LogP contribution >= 0.6 is 0 Å². The monoisotopic (exact) mass is 395 g/mol. The lowest BCUT2D eigenvalue weighted by Gasteiger charge is -2.10. The van der Waals surface area contributed by atoms with Crippen molar-refractivity contribution < 1.29 is 23.9 Å². The summed E-state index contributed by atoms with van der Waals surface area (Å²) in [4.78, 5) is 47.4. The van der Waals surface area contributed by atoms with Gasteiger partial charge in [-0.15, -0.1) is 0 Å². The summed E-state index contributed by atoms with van der Waals surface area (Å²) in [5.41, 5.74) is 1.36. The second kappa shape index (κ2) is 10.4. The molecule has 0 spiro atoms. The van der Waals surface area contributed by atoms with Gasteiger partial charge in [0.2, 0.25) is 5.91 Å². The zero-order chi connectivity index (χ0) is 21.2. The number of hydrogen-bond acceptors (Lipinski definition) is 5. The number of rotatable bonds is 7. The number of esters is 1. The fourth-order valence-electron chi connectivity index (χ4n) is 2.34. The predicted octanol–water partition coefficient (Wildman–Crippen LogP) is 1.71. The first-order valence-corrected chi connectivity index (χ1v) is 8.72. The number of carbonyl (C=O) groups is 4. The van der Waals surface area contributed by atoms with Crippen LogP contribution in [0.15, 0.2) is 60.3 Å². The van der Waals surface area contributed by atoms with Gasteiger partial charge in [-0.1, -0.05) is 36.4 Å². The Bertz CT molecular complexity index is 938. The second-order valence-electron chi connectivity index (χ2n) is 5.93.